The normalized spacial score (nSPS) is 25.7. The van der Waals surface area contributed by atoms with Crippen molar-refractivity contribution in [3.63, 3.8) is 0 Å². The molecular formula is C10H16O2. The van der Waals surface area contributed by atoms with E-state index in [9.17, 15) is 4.79 Å². The molecule has 12 heavy (non-hydrogen) atoms. The highest BCUT2D eigenvalue weighted by Gasteiger charge is 2.30. The third kappa shape index (κ3) is 1.87. The average molecular weight is 168 g/mol. The van der Waals surface area contributed by atoms with Crippen LogP contribution >= 0.6 is 0 Å². The van der Waals surface area contributed by atoms with E-state index in [-0.39, 0.29) is 12.1 Å². The zero-order valence-electron chi connectivity index (χ0n) is 7.80. The minimum atomic E-state index is -0.206. The molecule has 0 spiro atoms. The van der Waals surface area contributed by atoms with Gasteiger partial charge in [0.25, 0.3) is 0 Å². The molecule has 1 aliphatic heterocycles. The Bertz CT molecular complexity index is 180. The summed E-state index contributed by atoms with van der Waals surface area (Å²) >= 11 is 0. The summed E-state index contributed by atoms with van der Waals surface area (Å²) in [5, 5.41) is 0. The molecule has 0 bridgehead atoms. The summed E-state index contributed by atoms with van der Waals surface area (Å²) in [5.41, 5.74) is 0.628. The Hall–Kier alpha value is -0.790. The van der Waals surface area contributed by atoms with E-state index in [1.807, 2.05) is 0 Å². The highest BCUT2D eigenvalue weighted by molar-refractivity contribution is 5.89. The first-order chi connectivity index (χ1) is 5.65. The van der Waals surface area contributed by atoms with Crippen LogP contribution in [0.25, 0.3) is 0 Å². The van der Waals surface area contributed by atoms with Gasteiger partial charge in [-0.3, -0.25) is 0 Å². The first-order valence-electron chi connectivity index (χ1n) is 4.54. The van der Waals surface area contributed by atoms with Crippen LogP contribution in [-0.4, -0.2) is 12.1 Å². The van der Waals surface area contributed by atoms with Crippen molar-refractivity contribution in [1.82, 2.24) is 0 Å². The quantitative estimate of drug-likeness (QED) is 0.477. The first kappa shape index (κ1) is 9.30. The molecule has 1 heterocycles. The molecule has 0 saturated carbocycles. The smallest absolute Gasteiger partial charge is 0.333 e. The Morgan fingerprint density at radius 1 is 1.75 bits per heavy atom. The van der Waals surface area contributed by atoms with Crippen molar-refractivity contribution < 1.29 is 9.53 Å². The van der Waals surface area contributed by atoms with Crippen LogP contribution in [0.1, 0.15) is 33.1 Å². The molecule has 68 valence electrons. The predicted octanol–water partition coefficient (Wildman–Crippen LogP) is 2.29. The minimum Gasteiger partial charge on any atom is -0.458 e. The van der Waals surface area contributed by atoms with Crippen LogP contribution in [0.2, 0.25) is 0 Å². The fraction of sp³-hybridized carbons (Fsp3) is 0.700. The number of rotatable bonds is 3. The third-order valence-electron chi connectivity index (χ3n) is 2.37. The maximum Gasteiger partial charge on any atom is 0.333 e. The van der Waals surface area contributed by atoms with Gasteiger partial charge in [-0.2, -0.15) is 0 Å². The van der Waals surface area contributed by atoms with Crippen LogP contribution in [0, 0.1) is 5.92 Å². The second-order valence-electron chi connectivity index (χ2n) is 3.52. The Kier molecular flexibility index (Phi) is 2.90. The SMILES string of the molecule is C=C1CC(C(C)CCC)OC1=O. The van der Waals surface area contributed by atoms with E-state index in [4.69, 9.17) is 4.74 Å². The number of carbonyl (C=O) groups excluding carboxylic acids is 1. The molecule has 1 saturated heterocycles. The highest BCUT2D eigenvalue weighted by Crippen LogP contribution is 2.26. The number of cyclic esters (lactones) is 1. The van der Waals surface area contributed by atoms with Crippen molar-refractivity contribution in [2.24, 2.45) is 5.92 Å². The Balaban J connectivity index is 2.45. The van der Waals surface area contributed by atoms with Crippen molar-refractivity contribution in [3.8, 4) is 0 Å². The van der Waals surface area contributed by atoms with Crippen molar-refractivity contribution in [2.75, 3.05) is 0 Å². The molecule has 0 N–H and O–H groups in total. The number of carbonyl (C=O) groups is 1. The van der Waals surface area contributed by atoms with Gasteiger partial charge in [0.05, 0.1) is 0 Å². The van der Waals surface area contributed by atoms with Crippen molar-refractivity contribution in [1.29, 1.82) is 0 Å². The molecule has 1 aliphatic rings. The predicted molar refractivity (Wildman–Crippen MR) is 47.7 cm³/mol. The fourth-order valence-electron chi connectivity index (χ4n) is 1.55. The molecule has 0 radical (unpaired) electrons. The molecule has 0 amide bonds. The first-order valence-corrected chi connectivity index (χ1v) is 4.54. The zero-order valence-corrected chi connectivity index (χ0v) is 7.80. The second kappa shape index (κ2) is 3.74. The molecular weight excluding hydrogens is 152 g/mol. The maximum atomic E-state index is 11.0. The number of esters is 1. The number of hydrogen-bond acceptors (Lipinski definition) is 2. The van der Waals surface area contributed by atoms with E-state index in [1.165, 1.54) is 0 Å². The van der Waals surface area contributed by atoms with Gasteiger partial charge in [0.1, 0.15) is 6.10 Å². The van der Waals surface area contributed by atoms with Gasteiger partial charge in [-0.25, -0.2) is 4.79 Å². The zero-order chi connectivity index (χ0) is 9.14. The van der Waals surface area contributed by atoms with Crippen LogP contribution < -0.4 is 0 Å². The van der Waals surface area contributed by atoms with Crippen molar-refractivity contribution in [3.05, 3.63) is 12.2 Å². The summed E-state index contributed by atoms with van der Waals surface area (Å²) in [6.07, 6.45) is 3.07. The van der Waals surface area contributed by atoms with Gasteiger partial charge >= 0.3 is 5.97 Å². The van der Waals surface area contributed by atoms with Gasteiger partial charge in [-0.1, -0.05) is 26.8 Å². The molecule has 2 atom stereocenters. The summed E-state index contributed by atoms with van der Waals surface area (Å²) in [6.45, 7) is 7.92. The monoisotopic (exact) mass is 168 g/mol. The summed E-state index contributed by atoms with van der Waals surface area (Å²) in [5.74, 6) is 0.265. The topological polar surface area (TPSA) is 26.3 Å². The summed E-state index contributed by atoms with van der Waals surface area (Å²) in [6, 6.07) is 0. The van der Waals surface area contributed by atoms with Gasteiger partial charge in [-0.15, -0.1) is 0 Å². The summed E-state index contributed by atoms with van der Waals surface area (Å²) < 4.78 is 5.15. The lowest BCUT2D eigenvalue weighted by Gasteiger charge is -2.16. The van der Waals surface area contributed by atoms with Crippen molar-refractivity contribution in [2.45, 2.75) is 39.2 Å². The largest absolute Gasteiger partial charge is 0.458 e. The van der Waals surface area contributed by atoms with E-state index in [0.29, 0.717) is 11.5 Å². The highest BCUT2D eigenvalue weighted by atomic mass is 16.5. The number of ether oxygens (including phenoxy) is 1. The van der Waals surface area contributed by atoms with E-state index in [0.717, 1.165) is 19.3 Å². The maximum absolute atomic E-state index is 11.0. The Morgan fingerprint density at radius 3 is 2.83 bits per heavy atom. The average Bonchev–Trinajstić information content (AvgIpc) is 2.33. The fourth-order valence-corrected chi connectivity index (χ4v) is 1.55. The molecule has 0 aromatic rings. The third-order valence-corrected chi connectivity index (χ3v) is 2.37. The molecule has 0 aliphatic carbocycles. The molecule has 2 heteroatoms. The van der Waals surface area contributed by atoms with Crippen LogP contribution in [0.5, 0.6) is 0 Å². The van der Waals surface area contributed by atoms with E-state index in [2.05, 4.69) is 20.4 Å². The molecule has 1 fully saturated rings. The second-order valence-corrected chi connectivity index (χ2v) is 3.52. The van der Waals surface area contributed by atoms with Gasteiger partial charge < -0.3 is 4.74 Å². The standard InChI is InChI=1S/C10H16O2/c1-4-5-7(2)9-6-8(3)10(11)12-9/h7,9H,3-6H2,1-2H3. The van der Waals surface area contributed by atoms with Gasteiger partial charge in [0.2, 0.25) is 0 Å². The summed E-state index contributed by atoms with van der Waals surface area (Å²) in [7, 11) is 0. The van der Waals surface area contributed by atoms with Gasteiger partial charge in [-0.05, 0) is 12.3 Å². The van der Waals surface area contributed by atoms with E-state index >= 15 is 0 Å². The molecule has 1 rings (SSSR count). The van der Waals surface area contributed by atoms with Crippen molar-refractivity contribution >= 4 is 5.97 Å². The Labute approximate surface area is 73.6 Å². The van der Waals surface area contributed by atoms with E-state index in [1.54, 1.807) is 0 Å². The lowest BCUT2D eigenvalue weighted by molar-refractivity contribution is -0.140. The number of hydrogen-bond donors (Lipinski definition) is 0. The lowest BCUT2D eigenvalue weighted by Crippen LogP contribution is -2.16. The molecule has 0 aromatic heterocycles. The van der Waals surface area contributed by atoms with Crippen LogP contribution in [0.4, 0.5) is 0 Å². The van der Waals surface area contributed by atoms with Crippen LogP contribution in [0.3, 0.4) is 0 Å². The molecule has 2 nitrogen and oxygen atoms in total. The minimum absolute atomic E-state index is 0.0879. The lowest BCUT2D eigenvalue weighted by atomic mass is 9.96. The van der Waals surface area contributed by atoms with Crippen LogP contribution in [-0.2, 0) is 9.53 Å². The van der Waals surface area contributed by atoms with Gasteiger partial charge in [0.15, 0.2) is 0 Å². The van der Waals surface area contributed by atoms with Crippen LogP contribution in [0.15, 0.2) is 12.2 Å². The van der Waals surface area contributed by atoms with E-state index < -0.39 is 0 Å². The van der Waals surface area contributed by atoms with Gasteiger partial charge in [0, 0.05) is 12.0 Å². The molecule has 2 unspecified atom stereocenters. The summed E-state index contributed by atoms with van der Waals surface area (Å²) in [4.78, 5) is 11.0. The molecule has 0 aromatic carbocycles. The Morgan fingerprint density at radius 2 is 2.42 bits per heavy atom.